The number of aromatic amines is 1. The average molecular weight is 320 g/mol. The third-order valence-corrected chi connectivity index (χ3v) is 3.61. The molecule has 0 aliphatic carbocycles. The van der Waals surface area contributed by atoms with Crippen LogP contribution in [-0.2, 0) is 0 Å². The van der Waals surface area contributed by atoms with E-state index >= 15 is 0 Å². The summed E-state index contributed by atoms with van der Waals surface area (Å²) in [6.07, 6.45) is 1.58. The Labute approximate surface area is 136 Å². The van der Waals surface area contributed by atoms with Crippen LogP contribution in [0.25, 0.3) is 22.2 Å². The first-order valence-corrected chi connectivity index (χ1v) is 7.29. The number of hydrogen-bond acceptors (Lipinski definition) is 5. The van der Waals surface area contributed by atoms with Crippen molar-refractivity contribution in [3.05, 3.63) is 60.5 Å². The fourth-order valence-corrected chi connectivity index (χ4v) is 2.54. The van der Waals surface area contributed by atoms with E-state index in [0.717, 1.165) is 16.6 Å². The lowest BCUT2D eigenvalue weighted by Crippen LogP contribution is -1.98. The highest BCUT2D eigenvalue weighted by Crippen LogP contribution is 2.29. The van der Waals surface area contributed by atoms with Gasteiger partial charge in [0.15, 0.2) is 0 Å². The van der Waals surface area contributed by atoms with E-state index in [2.05, 4.69) is 25.5 Å². The summed E-state index contributed by atoms with van der Waals surface area (Å²) in [6, 6.07) is 13.8. The third-order valence-electron chi connectivity index (χ3n) is 3.61. The molecule has 4 N–H and O–H groups in total. The Morgan fingerprint density at radius 1 is 1.08 bits per heavy atom. The lowest BCUT2D eigenvalue weighted by atomic mass is 10.1. The van der Waals surface area contributed by atoms with Crippen molar-refractivity contribution in [2.45, 2.75) is 0 Å². The molecule has 7 heteroatoms. The van der Waals surface area contributed by atoms with E-state index in [9.17, 15) is 4.39 Å². The van der Waals surface area contributed by atoms with E-state index < -0.39 is 0 Å². The normalized spacial score (nSPS) is 10.9. The Morgan fingerprint density at radius 2 is 2.00 bits per heavy atom. The van der Waals surface area contributed by atoms with E-state index in [1.54, 1.807) is 18.3 Å². The van der Waals surface area contributed by atoms with Gasteiger partial charge in [-0.3, -0.25) is 5.10 Å². The number of benzene rings is 2. The summed E-state index contributed by atoms with van der Waals surface area (Å²) in [5, 5.41) is 11.3. The Balaban J connectivity index is 1.76. The lowest BCUT2D eigenvalue weighted by Gasteiger charge is -2.06. The van der Waals surface area contributed by atoms with Crippen LogP contribution in [0.2, 0.25) is 0 Å². The number of fused-ring (bicyclic) bond motifs is 1. The van der Waals surface area contributed by atoms with Crippen LogP contribution in [0.4, 0.5) is 21.8 Å². The van der Waals surface area contributed by atoms with Crippen molar-refractivity contribution in [1.82, 2.24) is 20.2 Å². The second-order valence-electron chi connectivity index (χ2n) is 5.27. The van der Waals surface area contributed by atoms with Gasteiger partial charge in [0.2, 0.25) is 5.95 Å². The summed E-state index contributed by atoms with van der Waals surface area (Å²) in [7, 11) is 0. The Bertz CT molecular complexity index is 1030. The molecular weight excluding hydrogens is 307 g/mol. The van der Waals surface area contributed by atoms with Gasteiger partial charge in [0, 0.05) is 22.8 Å². The smallest absolute Gasteiger partial charge is 0.221 e. The molecule has 6 nitrogen and oxygen atoms in total. The first-order chi connectivity index (χ1) is 11.7. The van der Waals surface area contributed by atoms with Gasteiger partial charge in [-0.05, 0) is 36.4 Å². The largest absolute Gasteiger partial charge is 0.368 e. The Morgan fingerprint density at radius 3 is 2.83 bits per heavy atom. The summed E-state index contributed by atoms with van der Waals surface area (Å²) in [6.45, 7) is 0. The van der Waals surface area contributed by atoms with Gasteiger partial charge >= 0.3 is 0 Å². The standard InChI is InChI=1S/C17H13FN6/c18-11-3-1-2-10(8-11)16-13-9-12(4-5-14(13)23-24-16)21-15-6-7-20-17(19)22-15/h1-9H,(H,23,24)(H3,19,20,21,22). The first-order valence-electron chi connectivity index (χ1n) is 7.29. The second-order valence-corrected chi connectivity index (χ2v) is 5.27. The molecule has 0 fully saturated rings. The molecule has 0 spiro atoms. The van der Waals surface area contributed by atoms with Crippen molar-refractivity contribution in [2.24, 2.45) is 0 Å². The molecule has 0 saturated heterocycles. The van der Waals surface area contributed by atoms with E-state index in [1.807, 2.05) is 24.3 Å². The maximum Gasteiger partial charge on any atom is 0.221 e. The van der Waals surface area contributed by atoms with Crippen LogP contribution in [0.3, 0.4) is 0 Å². The van der Waals surface area contributed by atoms with Gasteiger partial charge in [-0.1, -0.05) is 12.1 Å². The SMILES string of the molecule is Nc1nccc(Nc2ccc3[nH]nc(-c4cccc(F)c4)c3c2)n1. The van der Waals surface area contributed by atoms with E-state index in [-0.39, 0.29) is 11.8 Å². The summed E-state index contributed by atoms with van der Waals surface area (Å²) < 4.78 is 13.5. The number of aromatic nitrogens is 4. The minimum atomic E-state index is -0.297. The third kappa shape index (κ3) is 2.63. The van der Waals surface area contributed by atoms with E-state index in [1.165, 1.54) is 12.1 Å². The van der Waals surface area contributed by atoms with Gasteiger partial charge in [-0.2, -0.15) is 10.1 Å². The predicted molar refractivity (Wildman–Crippen MR) is 91.2 cm³/mol. The molecule has 118 valence electrons. The van der Waals surface area contributed by atoms with Gasteiger partial charge in [0.25, 0.3) is 0 Å². The molecule has 2 aromatic carbocycles. The number of nitrogens with zero attached hydrogens (tertiary/aromatic N) is 3. The number of H-pyrrole nitrogens is 1. The van der Waals surface area contributed by atoms with Crippen LogP contribution in [0.5, 0.6) is 0 Å². The molecule has 2 aromatic heterocycles. The molecule has 0 aliphatic heterocycles. The van der Waals surface area contributed by atoms with Crippen molar-refractivity contribution in [2.75, 3.05) is 11.1 Å². The fourth-order valence-electron chi connectivity index (χ4n) is 2.54. The topological polar surface area (TPSA) is 92.5 Å². The zero-order valence-corrected chi connectivity index (χ0v) is 12.5. The zero-order valence-electron chi connectivity index (χ0n) is 12.5. The number of nitrogens with two attached hydrogens (primary N) is 1. The number of nitrogen functional groups attached to an aromatic ring is 1. The molecule has 0 bridgehead atoms. The molecule has 0 aliphatic rings. The number of rotatable bonds is 3. The highest BCUT2D eigenvalue weighted by atomic mass is 19.1. The summed E-state index contributed by atoms with van der Waals surface area (Å²) in [5.41, 5.74) is 8.67. The van der Waals surface area contributed by atoms with Gasteiger partial charge in [-0.15, -0.1) is 0 Å². The van der Waals surface area contributed by atoms with E-state index in [0.29, 0.717) is 17.1 Å². The Hall–Kier alpha value is -3.48. The van der Waals surface area contributed by atoms with Crippen molar-refractivity contribution >= 4 is 28.4 Å². The highest BCUT2D eigenvalue weighted by molar-refractivity contribution is 5.95. The molecular formula is C17H13FN6. The number of nitrogens with one attached hydrogen (secondary N) is 2. The highest BCUT2D eigenvalue weighted by Gasteiger charge is 2.10. The molecule has 4 aromatic rings. The molecule has 0 amide bonds. The maximum atomic E-state index is 13.5. The van der Waals surface area contributed by atoms with Crippen LogP contribution < -0.4 is 11.1 Å². The Kier molecular flexibility index (Phi) is 3.31. The van der Waals surface area contributed by atoms with Crippen LogP contribution >= 0.6 is 0 Å². The van der Waals surface area contributed by atoms with E-state index in [4.69, 9.17) is 5.73 Å². The summed E-state index contributed by atoms with van der Waals surface area (Å²) in [4.78, 5) is 7.97. The van der Waals surface area contributed by atoms with Crippen molar-refractivity contribution in [3.63, 3.8) is 0 Å². The molecule has 0 atom stereocenters. The minimum Gasteiger partial charge on any atom is -0.368 e. The zero-order chi connectivity index (χ0) is 16.5. The number of halogens is 1. The molecule has 0 unspecified atom stereocenters. The fraction of sp³-hybridized carbons (Fsp3) is 0. The maximum absolute atomic E-state index is 13.5. The van der Waals surface area contributed by atoms with Crippen molar-refractivity contribution < 1.29 is 4.39 Å². The van der Waals surface area contributed by atoms with Gasteiger partial charge in [0.05, 0.1) is 5.52 Å². The number of anilines is 3. The number of hydrogen-bond donors (Lipinski definition) is 3. The van der Waals surface area contributed by atoms with Crippen LogP contribution in [-0.4, -0.2) is 20.2 Å². The minimum absolute atomic E-state index is 0.199. The lowest BCUT2D eigenvalue weighted by molar-refractivity contribution is 0.628. The van der Waals surface area contributed by atoms with Crippen molar-refractivity contribution in [1.29, 1.82) is 0 Å². The average Bonchev–Trinajstić information content (AvgIpc) is 2.98. The molecule has 0 radical (unpaired) electrons. The monoisotopic (exact) mass is 320 g/mol. The van der Waals surface area contributed by atoms with Crippen LogP contribution in [0.1, 0.15) is 0 Å². The second kappa shape index (κ2) is 5.62. The first kappa shape index (κ1) is 14.1. The van der Waals surface area contributed by atoms with Crippen LogP contribution in [0.15, 0.2) is 54.7 Å². The molecule has 0 saturated carbocycles. The van der Waals surface area contributed by atoms with Crippen LogP contribution in [0, 0.1) is 5.82 Å². The van der Waals surface area contributed by atoms with Gasteiger partial charge in [-0.25, -0.2) is 9.37 Å². The van der Waals surface area contributed by atoms with Crippen molar-refractivity contribution in [3.8, 4) is 11.3 Å². The quantitative estimate of drug-likeness (QED) is 0.537. The van der Waals surface area contributed by atoms with Gasteiger partial charge in [0.1, 0.15) is 17.3 Å². The molecule has 2 heterocycles. The summed E-state index contributed by atoms with van der Waals surface area (Å²) >= 11 is 0. The molecule has 24 heavy (non-hydrogen) atoms. The predicted octanol–water partition coefficient (Wildman–Crippen LogP) is 3.48. The molecule has 4 rings (SSSR count). The summed E-state index contributed by atoms with van der Waals surface area (Å²) in [5.74, 6) is 0.497. The van der Waals surface area contributed by atoms with Gasteiger partial charge < -0.3 is 11.1 Å².